The minimum absolute atomic E-state index is 0.0263. The molecule has 2 fully saturated rings. The smallest absolute Gasteiger partial charge is 0.255 e. The SMILES string of the molecule is O=C(c1cc[nH]c1)N1CCO[C@H](c2ccnc(N3CCCC3)n2)C1. The van der Waals surface area contributed by atoms with Crippen molar-refractivity contribution in [2.75, 3.05) is 37.7 Å². The van der Waals surface area contributed by atoms with E-state index in [1.807, 2.05) is 11.0 Å². The fraction of sp³-hybridized carbons (Fsp3) is 0.471. The molecule has 0 spiro atoms. The van der Waals surface area contributed by atoms with Crippen LogP contribution in [0.2, 0.25) is 0 Å². The summed E-state index contributed by atoms with van der Waals surface area (Å²) in [5.74, 6) is 0.793. The lowest BCUT2D eigenvalue weighted by Gasteiger charge is -2.32. The summed E-state index contributed by atoms with van der Waals surface area (Å²) in [4.78, 5) is 28.5. The number of morpholine rings is 1. The van der Waals surface area contributed by atoms with Gasteiger partial charge in [0.05, 0.1) is 24.4 Å². The van der Waals surface area contributed by atoms with E-state index in [0.717, 1.165) is 24.7 Å². The van der Waals surface area contributed by atoms with Gasteiger partial charge in [-0.05, 0) is 25.0 Å². The van der Waals surface area contributed by atoms with Gasteiger partial charge in [-0.3, -0.25) is 4.79 Å². The van der Waals surface area contributed by atoms with Gasteiger partial charge in [0.15, 0.2) is 0 Å². The number of amides is 1. The maximum atomic E-state index is 12.5. The van der Waals surface area contributed by atoms with Crippen molar-refractivity contribution in [1.29, 1.82) is 0 Å². The summed E-state index contributed by atoms with van der Waals surface area (Å²) in [6.07, 6.45) is 7.44. The molecule has 2 saturated heterocycles. The molecule has 1 amide bonds. The summed E-state index contributed by atoms with van der Waals surface area (Å²) in [6.45, 7) is 3.65. The zero-order chi connectivity index (χ0) is 16.4. The molecule has 0 bridgehead atoms. The number of rotatable bonds is 3. The molecule has 4 rings (SSSR count). The van der Waals surface area contributed by atoms with Crippen LogP contribution in [-0.2, 0) is 4.74 Å². The largest absolute Gasteiger partial charge is 0.368 e. The lowest BCUT2D eigenvalue weighted by Crippen LogP contribution is -2.42. The minimum Gasteiger partial charge on any atom is -0.368 e. The predicted octanol–water partition coefficient (Wildman–Crippen LogP) is 1.62. The van der Waals surface area contributed by atoms with Crippen molar-refractivity contribution in [2.24, 2.45) is 0 Å². The average molecular weight is 327 g/mol. The number of aromatic nitrogens is 3. The van der Waals surface area contributed by atoms with Crippen LogP contribution in [0, 0.1) is 0 Å². The number of ether oxygens (including phenoxy) is 1. The maximum Gasteiger partial charge on any atom is 0.255 e. The first-order valence-electron chi connectivity index (χ1n) is 8.43. The summed E-state index contributed by atoms with van der Waals surface area (Å²) >= 11 is 0. The van der Waals surface area contributed by atoms with Crippen LogP contribution < -0.4 is 4.90 Å². The van der Waals surface area contributed by atoms with E-state index in [1.165, 1.54) is 12.8 Å². The Morgan fingerprint density at radius 1 is 1.25 bits per heavy atom. The molecule has 126 valence electrons. The molecule has 2 aromatic heterocycles. The Labute approximate surface area is 140 Å². The van der Waals surface area contributed by atoms with E-state index in [4.69, 9.17) is 4.74 Å². The molecular formula is C17H21N5O2. The van der Waals surface area contributed by atoms with Gasteiger partial charge in [0, 0.05) is 38.2 Å². The first kappa shape index (κ1) is 15.1. The Morgan fingerprint density at radius 3 is 2.92 bits per heavy atom. The van der Waals surface area contributed by atoms with Crippen LogP contribution in [0.5, 0.6) is 0 Å². The topological polar surface area (TPSA) is 74.3 Å². The van der Waals surface area contributed by atoms with E-state index < -0.39 is 0 Å². The van der Waals surface area contributed by atoms with Gasteiger partial charge in [0.2, 0.25) is 5.95 Å². The van der Waals surface area contributed by atoms with Gasteiger partial charge in [0.25, 0.3) is 5.91 Å². The lowest BCUT2D eigenvalue weighted by atomic mass is 10.2. The Bertz CT molecular complexity index is 697. The highest BCUT2D eigenvalue weighted by Crippen LogP contribution is 2.24. The van der Waals surface area contributed by atoms with Crippen LogP contribution in [0.3, 0.4) is 0 Å². The van der Waals surface area contributed by atoms with Crippen molar-refractivity contribution in [3.63, 3.8) is 0 Å². The molecule has 0 aliphatic carbocycles. The van der Waals surface area contributed by atoms with E-state index in [2.05, 4.69) is 19.9 Å². The van der Waals surface area contributed by atoms with E-state index in [9.17, 15) is 4.79 Å². The zero-order valence-corrected chi connectivity index (χ0v) is 13.5. The number of carbonyl (C=O) groups excluding carboxylic acids is 1. The van der Waals surface area contributed by atoms with Gasteiger partial charge in [0.1, 0.15) is 6.10 Å². The van der Waals surface area contributed by atoms with Gasteiger partial charge >= 0.3 is 0 Å². The molecule has 7 heteroatoms. The summed E-state index contributed by atoms with van der Waals surface area (Å²) in [5, 5.41) is 0. The van der Waals surface area contributed by atoms with Crippen LogP contribution >= 0.6 is 0 Å². The summed E-state index contributed by atoms with van der Waals surface area (Å²) < 4.78 is 5.87. The monoisotopic (exact) mass is 327 g/mol. The second-order valence-electron chi connectivity index (χ2n) is 6.19. The number of nitrogens with one attached hydrogen (secondary N) is 1. The second kappa shape index (κ2) is 6.60. The van der Waals surface area contributed by atoms with E-state index in [-0.39, 0.29) is 12.0 Å². The number of carbonyl (C=O) groups is 1. The van der Waals surface area contributed by atoms with E-state index in [0.29, 0.717) is 25.3 Å². The Kier molecular flexibility index (Phi) is 4.17. The van der Waals surface area contributed by atoms with Gasteiger partial charge in [-0.1, -0.05) is 0 Å². The molecule has 7 nitrogen and oxygen atoms in total. The number of nitrogens with zero attached hydrogens (tertiary/aromatic N) is 4. The Balaban J connectivity index is 1.49. The third-order valence-electron chi connectivity index (χ3n) is 4.58. The van der Waals surface area contributed by atoms with Crippen LogP contribution in [0.4, 0.5) is 5.95 Å². The normalized spacial score (nSPS) is 21.2. The molecule has 2 aromatic rings. The Morgan fingerprint density at radius 2 is 2.12 bits per heavy atom. The third-order valence-corrected chi connectivity index (χ3v) is 4.58. The summed E-state index contributed by atoms with van der Waals surface area (Å²) in [7, 11) is 0. The van der Waals surface area contributed by atoms with Crippen molar-refractivity contribution < 1.29 is 9.53 Å². The lowest BCUT2D eigenvalue weighted by molar-refractivity contribution is -0.0247. The van der Waals surface area contributed by atoms with Crippen LogP contribution in [-0.4, -0.2) is 58.5 Å². The van der Waals surface area contributed by atoms with Crippen molar-refractivity contribution in [3.8, 4) is 0 Å². The van der Waals surface area contributed by atoms with Gasteiger partial charge in [-0.25, -0.2) is 9.97 Å². The van der Waals surface area contributed by atoms with Crippen molar-refractivity contribution in [3.05, 3.63) is 42.0 Å². The second-order valence-corrected chi connectivity index (χ2v) is 6.19. The zero-order valence-electron chi connectivity index (χ0n) is 13.5. The number of H-pyrrole nitrogens is 1. The first-order chi connectivity index (χ1) is 11.8. The van der Waals surface area contributed by atoms with Crippen molar-refractivity contribution >= 4 is 11.9 Å². The van der Waals surface area contributed by atoms with Gasteiger partial charge in [-0.2, -0.15) is 0 Å². The van der Waals surface area contributed by atoms with Crippen molar-refractivity contribution in [2.45, 2.75) is 18.9 Å². The molecule has 0 saturated carbocycles. The van der Waals surface area contributed by atoms with Crippen molar-refractivity contribution in [1.82, 2.24) is 19.9 Å². The third kappa shape index (κ3) is 2.99. The number of hydrogen-bond acceptors (Lipinski definition) is 5. The highest BCUT2D eigenvalue weighted by atomic mass is 16.5. The number of anilines is 1. The van der Waals surface area contributed by atoms with Crippen LogP contribution in [0.1, 0.15) is 35.0 Å². The number of aromatic amines is 1. The van der Waals surface area contributed by atoms with Crippen LogP contribution in [0.25, 0.3) is 0 Å². The molecule has 0 unspecified atom stereocenters. The first-order valence-corrected chi connectivity index (χ1v) is 8.43. The molecule has 4 heterocycles. The molecule has 0 radical (unpaired) electrons. The van der Waals surface area contributed by atoms with Gasteiger partial charge < -0.3 is 19.5 Å². The molecule has 2 aliphatic heterocycles. The molecule has 24 heavy (non-hydrogen) atoms. The Hall–Kier alpha value is -2.41. The van der Waals surface area contributed by atoms with E-state index in [1.54, 1.807) is 24.7 Å². The molecule has 2 aliphatic rings. The average Bonchev–Trinajstić information content (AvgIpc) is 3.35. The molecule has 1 N–H and O–H groups in total. The van der Waals surface area contributed by atoms with Crippen LogP contribution in [0.15, 0.2) is 30.7 Å². The minimum atomic E-state index is -0.203. The maximum absolute atomic E-state index is 12.5. The highest BCUT2D eigenvalue weighted by Gasteiger charge is 2.28. The fourth-order valence-corrected chi connectivity index (χ4v) is 3.26. The van der Waals surface area contributed by atoms with E-state index >= 15 is 0 Å². The summed E-state index contributed by atoms with van der Waals surface area (Å²) in [5.41, 5.74) is 1.52. The standard InChI is InChI=1S/C17H21N5O2/c23-16(13-3-5-18-11-13)22-9-10-24-15(12-22)14-4-6-19-17(20-14)21-7-1-2-8-21/h3-6,11,15,18H,1-2,7-10,12H2/t15-/m0/s1. The van der Waals surface area contributed by atoms with Gasteiger partial charge in [-0.15, -0.1) is 0 Å². The summed E-state index contributed by atoms with van der Waals surface area (Å²) in [6, 6.07) is 3.68. The molecule has 0 aromatic carbocycles. The fourth-order valence-electron chi connectivity index (χ4n) is 3.26. The molecule has 1 atom stereocenters. The highest BCUT2D eigenvalue weighted by molar-refractivity contribution is 5.94. The number of hydrogen-bond donors (Lipinski definition) is 1. The quantitative estimate of drug-likeness (QED) is 0.927. The predicted molar refractivity (Wildman–Crippen MR) is 88.9 cm³/mol. The molecular weight excluding hydrogens is 306 g/mol.